The van der Waals surface area contributed by atoms with Crippen LogP contribution in [-0.4, -0.2) is 18.2 Å². The monoisotopic (exact) mass is 204 g/mol. The Morgan fingerprint density at radius 3 is 3.00 bits per heavy atom. The van der Waals surface area contributed by atoms with E-state index in [-0.39, 0.29) is 0 Å². The summed E-state index contributed by atoms with van der Waals surface area (Å²) < 4.78 is 10.9. The van der Waals surface area contributed by atoms with E-state index in [1.165, 1.54) is 6.42 Å². The Hall–Kier alpha value is -0.995. The fourth-order valence-electron chi connectivity index (χ4n) is 1.95. The van der Waals surface area contributed by atoms with Gasteiger partial charge in [-0.05, 0) is 42.4 Å². The number of hydrogen-bond donors (Lipinski definition) is 1. The Morgan fingerprint density at radius 1 is 1.40 bits per heavy atom. The molecule has 1 N–H and O–H groups in total. The summed E-state index contributed by atoms with van der Waals surface area (Å²) >= 11 is 0. The first-order valence-corrected chi connectivity index (χ1v) is 5.42. The molecule has 0 radical (unpaired) electrons. The SMILES string of the molecule is OB1OCc2ccc(OC3CCC3)cc21. The quantitative estimate of drug-likeness (QED) is 0.725. The van der Waals surface area contributed by atoms with Crippen LogP contribution < -0.4 is 10.2 Å². The summed E-state index contributed by atoms with van der Waals surface area (Å²) in [4.78, 5) is 0. The molecular formula is C11H13BO3. The molecule has 1 fully saturated rings. The van der Waals surface area contributed by atoms with Crippen molar-refractivity contribution in [1.29, 1.82) is 0 Å². The molecule has 0 spiro atoms. The van der Waals surface area contributed by atoms with E-state index in [4.69, 9.17) is 9.39 Å². The molecule has 1 heterocycles. The van der Waals surface area contributed by atoms with Gasteiger partial charge in [-0.2, -0.15) is 0 Å². The Labute approximate surface area is 89.2 Å². The van der Waals surface area contributed by atoms with Crippen molar-refractivity contribution in [2.75, 3.05) is 0 Å². The van der Waals surface area contributed by atoms with Crippen LogP contribution in [0.3, 0.4) is 0 Å². The fraction of sp³-hybridized carbons (Fsp3) is 0.455. The van der Waals surface area contributed by atoms with Crippen LogP contribution in [-0.2, 0) is 11.3 Å². The van der Waals surface area contributed by atoms with Crippen molar-refractivity contribution in [3.05, 3.63) is 23.8 Å². The largest absolute Gasteiger partial charge is 0.491 e. The molecule has 0 unspecified atom stereocenters. The molecule has 1 aliphatic carbocycles. The third kappa shape index (κ3) is 1.64. The van der Waals surface area contributed by atoms with Gasteiger partial charge < -0.3 is 14.4 Å². The van der Waals surface area contributed by atoms with E-state index in [1.807, 2.05) is 18.2 Å². The summed E-state index contributed by atoms with van der Waals surface area (Å²) in [6.07, 6.45) is 3.94. The highest BCUT2D eigenvalue weighted by Gasteiger charge is 2.28. The molecule has 1 saturated carbocycles. The van der Waals surface area contributed by atoms with Crippen molar-refractivity contribution in [1.82, 2.24) is 0 Å². The van der Waals surface area contributed by atoms with Gasteiger partial charge in [-0.3, -0.25) is 0 Å². The number of rotatable bonds is 2. The van der Waals surface area contributed by atoms with E-state index in [1.54, 1.807) is 0 Å². The van der Waals surface area contributed by atoms with Crippen molar-refractivity contribution in [3.8, 4) is 5.75 Å². The van der Waals surface area contributed by atoms with Gasteiger partial charge in [0.1, 0.15) is 5.75 Å². The summed E-state index contributed by atoms with van der Waals surface area (Å²) in [5, 5.41) is 9.53. The highest BCUT2D eigenvalue weighted by molar-refractivity contribution is 6.61. The van der Waals surface area contributed by atoms with E-state index in [0.29, 0.717) is 12.7 Å². The van der Waals surface area contributed by atoms with Gasteiger partial charge >= 0.3 is 7.12 Å². The van der Waals surface area contributed by atoms with Gasteiger partial charge in [0.2, 0.25) is 0 Å². The Morgan fingerprint density at radius 2 is 2.27 bits per heavy atom. The summed E-state index contributed by atoms with van der Waals surface area (Å²) in [5.41, 5.74) is 1.91. The fourth-order valence-corrected chi connectivity index (χ4v) is 1.95. The van der Waals surface area contributed by atoms with Crippen LogP contribution in [0.5, 0.6) is 5.75 Å². The number of hydrogen-bond acceptors (Lipinski definition) is 3. The van der Waals surface area contributed by atoms with Gasteiger partial charge in [0, 0.05) is 0 Å². The maximum atomic E-state index is 9.53. The average molecular weight is 204 g/mol. The van der Waals surface area contributed by atoms with Gasteiger partial charge in [0.25, 0.3) is 0 Å². The predicted octanol–water partition coefficient (Wildman–Crippen LogP) is 0.836. The second-order valence-corrected chi connectivity index (χ2v) is 4.19. The Bertz CT molecular complexity index is 376. The standard InChI is InChI=1S/C11H13BO3/c13-12-11-6-10(15-9-2-1-3-9)5-4-8(11)7-14-12/h4-6,9,13H,1-3,7H2. The lowest BCUT2D eigenvalue weighted by Crippen LogP contribution is -2.29. The highest BCUT2D eigenvalue weighted by atomic mass is 16.5. The third-order valence-corrected chi connectivity index (χ3v) is 3.14. The summed E-state index contributed by atoms with van der Waals surface area (Å²) in [5.74, 6) is 0.850. The van der Waals surface area contributed by atoms with E-state index in [9.17, 15) is 5.02 Å². The molecule has 0 saturated heterocycles. The van der Waals surface area contributed by atoms with Crippen molar-refractivity contribution in [3.63, 3.8) is 0 Å². The van der Waals surface area contributed by atoms with Crippen LogP contribution in [0.25, 0.3) is 0 Å². The Balaban J connectivity index is 1.81. The van der Waals surface area contributed by atoms with E-state index >= 15 is 0 Å². The normalized spacial score (nSPS) is 19.9. The first-order chi connectivity index (χ1) is 7.33. The molecule has 78 valence electrons. The van der Waals surface area contributed by atoms with Crippen LogP contribution in [0, 0.1) is 0 Å². The van der Waals surface area contributed by atoms with E-state index in [2.05, 4.69) is 0 Å². The third-order valence-electron chi connectivity index (χ3n) is 3.14. The highest BCUT2D eigenvalue weighted by Crippen LogP contribution is 2.25. The van der Waals surface area contributed by atoms with Crippen molar-refractivity contribution in [2.24, 2.45) is 0 Å². The van der Waals surface area contributed by atoms with Gasteiger partial charge in [0.15, 0.2) is 0 Å². The minimum atomic E-state index is -0.773. The minimum absolute atomic E-state index is 0.377. The van der Waals surface area contributed by atoms with Crippen molar-refractivity contribution < 1.29 is 14.4 Å². The van der Waals surface area contributed by atoms with Crippen LogP contribution in [0.1, 0.15) is 24.8 Å². The molecular weight excluding hydrogens is 191 g/mol. The number of fused-ring (bicyclic) bond motifs is 1. The summed E-state index contributed by atoms with van der Waals surface area (Å²) in [6.45, 7) is 0.500. The van der Waals surface area contributed by atoms with Crippen molar-refractivity contribution >= 4 is 12.6 Å². The first kappa shape index (κ1) is 9.25. The lowest BCUT2D eigenvalue weighted by molar-refractivity contribution is 0.120. The molecule has 1 aromatic rings. The first-order valence-electron chi connectivity index (χ1n) is 5.42. The zero-order chi connectivity index (χ0) is 10.3. The maximum Gasteiger partial charge on any atom is 0.491 e. The molecule has 0 aromatic heterocycles. The zero-order valence-electron chi connectivity index (χ0n) is 8.48. The molecule has 15 heavy (non-hydrogen) atoms. The molecule has 1 aromatic carbocycles. The topological polar surface area (TPSA) is 38.7 Å². The van der Waals surface area contributed by atoms with Crippen molar-refractivity contribution in [2.45, 2.75) is 32.0 Å². The smallest absolute Gasteiger partial charge is 0.490 e. The molecule has 2 aliphatic rings. The van der Waals surface area contributed by atoms with E-state index in [0.717, 1.165) is 29.6 Å². The van der Waals surface area contributed by atoms with Gasteiger partial charge in [-0.15, -0.1) is 0 Å². The lowest BCUT2D eigenvalue weighted by Gasteiger charge is -2.26. The van der Waals surface area contributed by atoms with Gasteiger partial charge in [0.05, 0.1) is 12.7 Å². The Kier molecular flexibility index (Phi) is 2.18. The average Bonchev–Trinajstić information content (AvgIpc) is 2.55. The molecule has 1 aliphatic heterocycles. The van der Waals surface area contributed by atoms with Gasteiger partial charge in [-0.1, -0.05) is 6.07 Å². The molecule has 0 atom stereocenters. The molecule has 3 nitrogen and oxygen atoms in total. The lowest BCUT2D eigenvalue weighted by atomic mass is 9.79. The minimum Gasteiger partial charge on any atom is -0.490 e. The molecule has 0 amide bonds. The predicted molar refractivity (Wildman–Crippen MR) is 57.1 cm³/mol. The van der Waals surface area contributed by atoms with Crippen LogP contribution in [0.15, 0.2) is 18.2 Å². The molecule has 3 rings (SSSR count). The number of benzene rings is 1. The number of ether oxygens (including phenoxy) is 1. The maximum absolute atomic E-state index is 9.53. The van der Waals surface area contributed by atoms with Crippen LogP contribution in [0.2, 0.25) is 0 Å². The second-order valence-electron chi connectivity index (χ2n) is 4.19. The summed E-state index contributed by atoms with van der Waals surface area (Å²) in [6, 6.07) is 5.82. The van der Waals surface area contributed by atoms with Crippen LogP contribution in [0.4, 0.5) is 0 Å². The van der Waals surface area contributed by atoms with E-state index < -0.39 is 7.12 Å². The second kappa shape index (κ2) is 3.54. The zero-order valence-corrected chi connectivity index (χ0v) is 8.48. The van der Waals surface area contributed by atoms with Crippen LogP contribution >= 0.6 is 0 Å². The van der Waals surface area contributed by atoms with Gasteiger partial charge in [-0.25, -0.2) is 0 Å². The molecule has 0 bridgehead atoms. The summed E-state index contributed by atoms with van der Waals surface area (Å²) in [7, 11) is -0.773. The molecule has 4 heteroatoms.